The van der Waals surface area contributed by atoms with Crippen LogP contribution < -0.4 is 14.8 Å². The van der Waals surface area contributed by atoms with E-state index in [0.29, 0.717) is 36.8 Å². The van der Waals surface area contributed by atoms with Crippen LogP contribution in [-0.4, -0.2) is 30.6 Å². The summed E-state index contributed by atoms with van der Waals surface area (Å²) in [4.78, 5) is 18.1. The normalized spacial score (nSPS) is 13.0. The molecule has 5 nitrogen and oxygen atoms in total. The zero-order valence-corrected chi connectivity index (χ0v) is 14.2. The first-order chi connectivity index (χ1) is 11.2. The fraction of sp³-hybridized carbons (Fsp3) is 0.412. The van der Waals surface area contributed by atoms with E-state index in [2.05, 4.69) is 24.1 Å². The van der Waals surface area contributed by atoms with Crippen molar-refractivity contribution in [2.45, 2.75) is 26.7 Å². The first kappa shape index (κ1) is 15.8. The summed E-state index contributed by atoms with van der Waals surface area (Å²) in [6.07, 6.45) is 1.70. The summed E-state index contributed by atoms with van der Waals surface area (Å²) in [6.45, 7) is 5.83. The van der Waals surface area contributed by atoms with Gasteiger partial charge in [0.05, 0.1) is 10.7 Å². The van der Waals surface area contributed by atoms with E-state index in [0.717, 1.165) is 23.5 Å². The number of hydrogen-bond donors (Lipinski definition) is 1. The van der Waals surface area contributed by atoms with Gasteiger partial charge in [0.1, 0.15) is 13.2 Å². The van der Waals surface area contributed by atoms with E-state index in [4.69, 9.17) is 9.47 Å². The number of fused-ring (bicyclic) bond motifs is 1. The molecule has 23 heavy (non-hydrogen) atoms. The van der Waals surface area contributed by atoms with Crippen molar-refractivity contribution in [1.82, 2.24) is 10.3 Å². The average Bonchev–Trinajstić information content (AvgIpc) is 2.94. The largest absolute Gasteiger partial charge is 0.486 e. The fourth-order valence-corrected chi connectivity index (χ4v) is 3.51. The molecule has 122 valence electrons. The molecular weight excluding hydrogens is 312 g/mol. The molecule has 1 N–H and O–H groups in total. The van der Waals surface area contributed by atoms with E-state index in [1.165, 1.54) is 4.88 Å². The molecule has 0 saturated heterocycles. The lowest BCUT2D eigenvalue weighted by atomic mass is 10.2. The quantitative estimate of drug-likeness (QED) is 0.914. The Kier molecular flexibility index (Phi) is 4.81. The number of aromatic nitrogens is 1. The van der Waals surface area contributed by atoms with E-state index < -0.39 is 0 Å². The summed E-state index contributed by atoms with van der Waals surface area (Å²) in [5, 5.41) is 4.00. The molecule has 0 radical (unpaired) electrons. The molecule has 0 saturated carbocycles. The fourth-order valence-electron chi connectivity index (χ4n) is 2.49. The maximum atomic E-state index is 12.2. The Balaban J connectivity index is 1.56. The van der Waals surface area contributed by atoms with Gasteiger partial charge >= 0.3 is 0 Å². The summed E-state index contributed by atoms with van der Waals surface area (Å²) in [6, 6.07) is 5.26. The number of carbonyl (C=O) groups excluding carboxylic acids is 1. The van der Waals surface area contributed by atoms with Crippen LogP contribution >= 0.6 is 11.3 Å². The lowest BCUT2D eigenvalue weighted by Crippen LogP contribution is -2.26. The molecular formula is C17H20N2O3S. The van der Waals surface area contributed by atoms with Gasteiger partial charge in [-0.05, 0) is 31.5 Å². The Morgan fingerprint density at radius 2 is 2.09 bits per heavy atom. The molecule has 2 heterocycles. The molecule has 0 bridgehead atoms. The van der Waals surface area contributed by atoms with Gasteiger partial charge in [-0.3, -0.25) is 4.79 Å². The molecule has 0 aliphatic carbocycles. The number of hydrogen-bond acceptors (Lipinski definition) is 5. The van der Waals surface area contributed by atoms with Crippen molar-refractivity contribution < 1.29 is 14.3 Å². The zero-order valence-electron chi connectivity index (χ0n) is 13.3. The van der Waals surface area contributed by atoms with Gasteiger partial charge in [-0.15, -0.1) is 11.3 Å². The van der Waals surface area contributed by atoms with Crippen molar-refractivity contribution in [3.05, 3.63) is 39.3 Å². The molecule has 1 aliphatic heterocycles. The van der Waals surface area contributed by atoms with Crippen LogP contribution in [0.25, 0.3) is 0 Å². The van der Waals surface area contributed by atoms with Crippen LogP contribution in [-0.2, 0) is 12.8 Å². The first-order valence-corrected chi connectivity index (χ1v) is 8.62. The number of ether oxygens (including phenoxy) is 2. The van der Waals surface area contributed by atoms with Crippen LogP contribution in [0.4, 0.5) is 0 Å². The molecule has 1 aliphatic rings. The van der Waals surface area contributed by atoms with Gasteiger partial charge in [0.15, 0.2) is 11.5 Å². The molecule has 6 heteroatoms. The highest BCUT2D eigenvalue weighted by atomic mass is 32.1. The summed E-state index contributed by atoms with van der Waals surface area (Å²) < 4.78 is 11.0. The average molecular weight is 332 g/mol. The predicted octanol–water partition coefficient (Wildman–Crippen LogP) is 2.76. The highest BCUT2D eigenvalue weighted by Gasteiger charge is 2.15. The van der Waals surface area contributed by atoms with Crippen LogP contribution in [0.2, 0.25) is 0 Å². The highest BCUT2D eigenvalue weighted by molar-refractivity contribution is 7.11. The van der Waals surface area contributed by atoms with E-state index in [9.17, 15) is 4.79 Å². The molecule has 3 rings (SSSR count). The first-order valence-electron chi connectivity index (χ1n) is 7.80. The van der Waals surface area contributed by atoms with Crippen molar-refractivity contribution >= 4 is 17.2 Å². The van der Waals surface area contributed by atoms with Crippen molar-refractivity contribution in [2.24, 2.45) is 0 Å². The van der Waals surface area contributed by atoms with Crippen LogP contribution in [0.3, 0.4) is 0 Å². The monoisotopic (exact) mass is 332 g/mol. The number of rotatable bonds is 5. The van der Waals surface area contributed by atoms with Crippen molar-refractivity contribution in [3.63, 3.8) is 0 Å². The number of nitrogens with zero attached hydrogens (tertiary/aromatic N) is 1. The van der Waals surface area contributed by atoms with Gasteiger partial charge in [0, 0.05) is 23.4 Å². The minimum Gasteiger partial charge on any atom is -0.486 e. The predicted molar refractivity (Wildman–Crippen MR) is 89.7 cm³/mol. The summed E-state index contributed by atoms with van der Waals surface area (Å²) in [7, 11) is 0. The maximum Gasteiger partial charge on any atom is 0.251 e. The van der Waals surface area contributed by atoms with Crippen molar-refractivity contribution in [1.29, 1.82) is 0 Å². The van der Waals surface area contributed by atoms with Crippen molar-refractivity contribution in [3.8, 4) is 11.5 Å². The van der Waals surface area contributed by atoms with Gasteiger partial charge in [-0.1, -0.05) is 6.92 Å². The minimum atomic E-state index is -0.106. The smallest absolute Gasteiger partial charge is 0.251 e. The Morgan fingerprint density at radius 3 is 2.83 bits per heavy atom. The highest BCUT2D eigenvalue weighted by Crippen LogP contribution is 2.30. The standard InChI is InChI=1S/C17H20N2O3S/c1-3-13-11(2)23-16(19-13)6-7-18-17(20)12-4-5-14-15(10-12)22-9-8-21-14/h4-5,10H,3,6-9H2,1-2H3,(H,18,20). The summed E-state index contributed by atoms with van der Waals surface area (Å²) in [5.41, 5.74) is 1.74. The Bertz CT molecular complexity index is 712. The number of carbonyl (C=O) groups is 1. The van der Waals surface area contributed by atoms with E-state index in [1.807, 2.05) is 0 Å². The number of aryl methyl sites for hydroxylation is 2. The summed E-state index contributed by atoms with van der Waals surface area (Å²) >= 11 is 1.71. The SMILES string of the molecule is CCc1nc(CCNC(=O)c2ccc3c(c2)OCCO3)sc1C. The van der Waals surface area contributed by atoms with E-state index in [-0.39, 0.29) is 5.91 Å². The van der Waals surface area contributed by atoms with Crippen LogP contribution in [0.1, 0.15) is 32.9 Å². The number of benzene rings is 1. The van der Waals surface area contributed by atoms with Gasteiger partial charge in [-0.25, -0.2) is 4.98 Å². The lowest BCUT2D eigenvalue weighted by Gasteiger charge is -2.18. The van der Waals surface area contributed by atoms with Gasteiger partial charge in [-0.2, -0.15) is 0 Å². The van der Waals surface area contributed by atoms with Crippen LogP contribution in [0.5, 0.6) is 11.5 Å². The third-order valence-electron chi connectivity index (χ3n) is 3.70. The van der Waals surface area contributed by atoms with Crippen molar-refractivity contribution in [2.75, 3.05) is 19.8 Å². The molecule has 2 aromatic rings. The minimum absolute atomic E-state index is 0.106. The summed E-state index contributed by atoms with van der Waals surface area (Å²) in [5.74, 6) is 1.22. The van der Waals surface area contributed by atoms with Crippen LogP contribution in [0, 0.1) is 6.92 Å². The maximum absolute atomic E-state index is 12.2. The zero-order chi connectivity index (χ0) is 16.2. The molecule has 0 fully saturated rings. The number of thiazole rings is 1. The molecule has 1 aromatic carbocycles. The lowest BCUT2D eigenvalue weighted by molar-refractivity contribution is 0.0953. The molecule has 0 spiro atoms. The molecule has 0 atom stereocenters. The van der Waals surface area contributed by atoms with E-state index in [1.54, 1.807) is 29.5 Å². The Labute approximate surface area is 139 Å². The third-order valence-corrected chi connectivity index (χ3v) is 4.77. The topological polar surface area (TPSA) is 60.5 Å². The second-order valence-corrected chi connectivity index (χ2v) is 6.62. The Morgan fingerprint density at radius 1 is 1.30 bits per heavy atom. The molecule has 1 aromatic heterocycles. The Hall–Kier alpha value is -2.08. The number of nitrogens with one attached hydrogen (secondary N) is 1. The van der Waals surface area contributed by atoms with Gasteiger partial charge in [0.2, 0.25) is 0 Å². The second kappa shape index (κ2) is 7.00. The number of amides is 1. The van der Waals surface area contributed by atoms with Gasteiger partial charge in [0.25, 0.3) is 5.91 Å². The molecule has 1 amide bonds. The second-order valence-electron chi connectivity index (χ2n) is 5.33. The van der Waals surface area contributed by atoms with Gasteiger partial charge < -0.3 is 14.8 Å². The third kappa shape index (κ3) is 3.64. The molecule has 0 unspecified atom stereocenters. The van der Waals surface area contributed by atoms with Crippen LogP contribution in [0.15, 0.2) is 18.2 Å². The van der Waals surface area contributed by atoms with E-state index >= 15 is 0 Å².